The SMILES string of the molecule is CC1(C)CNCC(COC2CS(=O)(=O)CC2O)O1. The zero-order valence-corrected chi connectivity index (χ0v) is 11.6. The molecular formula is C11H21NO5S. The zero-order chi connectivity index (χ0) is 13.4. The third-order valence-corrected chi connectivity index (χ3v) is 4.86. The summed E-state index contributed by atoms with van der Waals surface area (Å²) in [5, 5.41) is 12.8. The number of hydrogen-bond acceptors (Lipinski definition) is 6. The van der Waals surface area contributed by atoms with E-state index in [1.54, 1.807) is 0 Å². The molecular weight excluding hydrogens is 258 g/mol. The fourth-order valence-corrected chi connectivity index (χ4v) is 4.04. The van der Waals surface area contributed by atoms with Gasteiger partial charge in [0.15, 0.2) is 9.84 Å². The van der Waals surface area contributed by atoms with Crippen molar-refractivity contribution in [2.45, 2.75) is 37.8 Å². The number of nitrogens with one attached hydrogen (secondary N) is 1. The van der Waals surface area contributed by atoms with Crippen LogP contribution in [0.25, 0.3) is 0 Å². The Balaban J connectivity index is 1.82. The lowest BCUT2D eigenvalue weighted by Gasteiger charge is -2.36. The Bertz CT molecular complexity index is 394. The molecule has 0 aromatic heterocycles. The second kappa shape index (κ2) is 5.05. The summed E-state index contributed by atoms with van der Waals surface area (Å²) >= 11 is 0. The molecule has 2 heterocycles. The molecule has 0 aromatic rings. The van der Waals surface area contributed by atoms with E-state index in [2.05, 4.69) is 5.32 Å². The Hall–Kier alpha value is -0.210. The van der Waals surface area contributed by atoms with E-state index < -0.39 is 22.0 Å². The number of aliphatic hydroxyl groups excluding tert-OH is 1. The van der Waals surface area contributed by atoms with Crippen molar-refractivity contribution in [3.63, 3.8) is 0 Å². The van der Waals surface area contributed by atoms with Gasteiger partial charge < -0.3 is 19.9 Å². The monoisotopic (exact) mass is 279 g/mol. The molecule has 2 saturated heterocycles. The number of morpholine rings is 1. The molecule has 18 heavy (non-hydrogen) atoms. The van der Waals surface area contributed by atoms with Crippen molar-refractivity contribution in [3.05, 3.63) is 0 Å². The van der Waals surface area contributed by atoms with Gasteiger partial charge in [0, 0.05) is 13.1 Å². The normalized spacial score (nSPS) is 38.7. The highest BCUT2D eigenvalue weighted by Gasteiger charge is 2.38. The van der Waals surface area contributed by atoms with Gasteiger partial charge >= 0.3 is 0 Å². The lowest BCUT2D eigenvalue weighted by molar-refractivity contribution is -0.134. The van der Waals surface area contributed by atoms with E-state index in [1.165, 1.54) is 0 Å². The standard InChI is InChI=1S/C11H21NO5S/c1-11(2)7-12-3-8(17-11)4-16-10-6-18(14,15)5-9(10)13/h8-10,12-13H,3-7H2,1-2H3. The molecule has 0 saturated carbocycles. The van der Waals surface area contributed by atoms with Crippen molar-refractivity contribution in [1.29, 1.82) is 0 Å². The number of sulfone groups is 1. The highest BCUT2D eigenvalue weighted by atomic mass is 32.2. The van der Waals surface area contributed by atoms with Crippen LogP contribution in [0.3, 0.4) is 0 Å². The van der Waals surface area contributed by atoms with Crippen LogP contribution in [0.15, 0.2) is 0 Å². The fourth-order valence-electron chi connectivity index (χ4n) is 2.35. The van der Waals surface area contributed by atoms with Gasteiger partial charge in [0.1, 0.15) is 0 Å². The topological polar surface area (TPSA) is 84.9 Å². The van der Waals surface area contributed by atoms with Gasteiger partial charge in [-0.15, -0.1) is 0 Å². The van der Waals surface area contributed by atoms with E-state index in [0.717, 1.165) is 6.54 Å². The molecule has 0 radical (unpaired) electrons. The maximum absolute atomic E-state index is 11.3. The van der Waals surface area contributed by atoms with Crippen molar-refractivity contribution >= 4 is 9.84 Å². The first-order chi connectivity index (χ1) is 8.27. The molecule has 106 valence electrons. The number of aliphatic hydroxyl groups is 1. The Morgan fingerprint density at radius 1 is 1.44 bits per heavy atom. The molecule has 2 aliphatic heterocycles. The van der Waals surface area contributed by atoms with E-state index in [0.29, 0.717) is 13.2 Å². The molecule has 0 aromatic carbocycles. The molecule has 7 heteroatoms. The Kier molecular flexibility index (Phi) is 3.99. The minimum absolute atomic E-state index is 0.0995. The van der Waals surface area contributed by atoms with Crippen LogP contribution in [0.5, 0.6) is 0 Å². The van der Waals surface area contributed by atoms with Crippen LogP contribution in [0, 0.1) is 0 Å². The maximum atomic E-state index is 11.3. The summed E-state index contributed by atoms with van der Waals surface area (Å²) in [6, 6.07) is 0. The molecule has 0 amide bonds. The zero-order valence-electron chi connectivity index (χ0n) is 10.8. The summed E-state index contributed by atoms with van der Waals surface area (Å²) in [7, 11) is -3.15. The van der Waals surface area contributed by atoms with Crippen LogP contribution in [-0.2, 0) is 19.3 Å². The van der Waals surface area contributed by atoms with E-state index in [1.807, 2.05) is 13.8 Å². The van der Waals surface area contributed by atoms with Gasteiger partial charge in [-0.2, -0.15) is 0 Å². The van der Waals surface area contributed by atoms with Gasteiger partial charge in [-0.05, 0) is 13.8 Å². The summed E-state index contributed by atoms with van der Waals surface area (Å²) in [6.07, 6.45) is -1.65. The number of hydrogen-bond donors (Lipinski definition) is 2. The molecule has 0 bridgehead atoms. The molecule has 2 N–H and O–H groups in total. The van der Waals surface area contributed by atoms with E-state index in [9.17, 15) is 13.5 Å². The number of ether oxygens (including phenoxy) is 2. The van der Waals surface area contributed by atoms with Crippen molar-refractivity contribution < 1.29 is 23.0 Å². The lowest BCUT2D eigenvalue weighted by Crippen LogP contribution is -2.52. The minimum atomic E-state index is -3.15. The van der Waals surface area contributed by atoms with Gasteiger partial charge in [-0.25, -0.2) is 8.42 Å². The van der Waals surface area contributed by atoms with Crippen LogP contribution >= 0.6 is 0 Å². The van der Waals surface area contributed by atoms with Crippen LogP contribution in [-0.4, -0.2) is 68.6 Å². The van der Waals surface area contributed by atoms with Crippen molar-refractivity contribution in [2.75, 3.05) is 31.2 Å². The predicted molar refractivity (Wildman–Crippen MR) is 66.2 cm³/mol. The Morgan fingerprint density at radius 3 is 2.72 bits per heavy atom. The number of rotatable bonds is 3. The highest BCUT2D eigenvalue weighted by molar-refractivity contribution is 7.91. The molecule has 2 aliphatic rings. The maximum Gasteiger partial charge on any atom is 0.155 e. The van der Waals surface area contributed by atoms with E-state index in [4.69, 9.17) is 9.47 Å². The van der Waals surface area contributed by atoms with Gasteiger partial charge in [-0.3, -0.25) is 0 Å². The van der Waals surface area contributed by atoms with E-state index in [-0.39, 0.29) is 23.2 Å². The molecule has 3 unspecified atom stereocenters. The Labute approximate surface area is 108 Å². The van der Waals surface area contributed by atoms with Crippen LogP contribution in [0.4, 0.5) is 0 Å². The summed E-state index contributed by atoms with van der Waals surface area (Å²) in [5.41, 5.74) is -0.243. The van der Waals surface area contributed by atoms with Gasteiger partial charge in [0.05, 0.1) is 42.0 Å². The van der Waals surface area contributed by atoms with Crippen molar-refractivity contribution in [2.24, 2.45) is 0 Å². The second-order valence-corrected chi connectivity index (χ2v) is 7.80. The predicted octanol–water partition coefficient (Wildman–Crippen LogP) is -1.07. The fraction of sp³-hybridized carbons (Fsp3) is 1.00. The lowest BCUT2D eigenvalue weighted by atomic mass is 10.1. The smallest absolute Gasteiger partial charge is 0.155 e. The molecule has 3 atom stereocenters. The third-order valence-electron chi connectivity index (χ3n) is 3.18. The largest absolute Gasteiger partial charge is 0.389 e. The first-order valence-corrected chi connectivity index (χ1v) is 7.98. The Morgan fingerprint density at radius 2 is 2.17 bits per heavy atom. The van der Waals surface area contributed by atoms with Gasteiger partial charge in [-0.1, -0.05) is 0 Å². The third kappa shape index (κ3) is 3.64. The molecule has 2 fully saturated rings. The van der Waals surface area contributed by atoms with Crippen molar-refractivity contribution in [3.8, 4) is 0 Å². The van der Waals surface area contributed by atoms with Crippen LogP contribution < -0.4 is 5.32 Å². The van der Waals surface area contributed by atoms with Gasteiger partial charge in [0.2, 0.25) is 0 Å². The quantitative estimate of drug-likeness (QED) is 0.684. The minimum Gasteiger partial charge on any atom is -0.389 e. The summed E-state index contributed by atoms with van der Waals surface area (Å²) < 4.78 is 33.9. The van der Waals surface area contributed by atoms with Crippen LogP contribution in [0.1, 0.15) is 13.8 Å². The molecule has 0 spiro atoms. The van der Waals surface area contributed by atoms with Gasteiger partial charge in [0.25, 0.3) is 0 Å². The summed E-state index contributed by atoms with van der Waals surface area (Å²) in [4.78, 5) is 0. The first kappa shape index (κ1) is 14.2. The van der Waals surface area contributed by atoms with Crippen LogP contribution in [0.2, 0.25) is 0 Å². The molecule has 0 aliphatic carbocycles. The summed E-state index contributed by atoms with van der Waals surface area (Å²) in [6.45, 7) is 5.73. The van der Waals surface area contributed by atoms with E-state index >= 15 is 0 Å². The average molecular weight is 279 g/mol. The second-order valence-electron chi connectivity index (χ2n) is 5.65. The van der Waals surface area contributed by atoms with Crippen molar-refractivity contribution in [1.82, 2.24) is 5.32 Å². The first-order valence-electron chi connectivity index (χ1n) is 6.16. The molecule has 6 nitrogen and oxygen atoms in total. The summed E-state index contributed by atoms with van der Waals surface area (Å²) in [5.74, 6) is -0.301. The average Bonchev–Trinajstić information content (AvgIpc) is 2.47. The molecule has 2 rings (SSSR count). The highest BCUT2D eigenvalue weighted by Crippen LogP contribution is 2.19.